The number of para-hydroxylation sites is 1. The zero-order chi connectivity index (χ0) is 20.6. The molecule has 1 aromatic heterocycles. The number of hydrogen-bond donors (Lipinski definition) is 1. The number of likely N-dealkylation sites (tertiary alicyclic amines) is 1. The number of thiazole rings is 1. The summed E-state index contributed by atoms with van der Waals surface area (Å²) in [6.45, 7) is 0.367. The number of alkyl halides is 3. The molecule has 2 unspecified atom stereocenters. The van der Waals surface area contributed by atoms with Crippen LogP contribution in [0.2, 0.25) is 0 Å². The van der Waals surface area contributed by atoms with Crippen molar-refractivity contribution >= 4 is 27.5 Å². The zero-order valence-electron chi connectivity index (χ0n) is 15.4. The van der Waals surface area contributed by atoms with Gasteiger partial charge in [-0.2, -0.15) is 13.2 Å². The highest BCUT2D eigenvalue weighted by atomic mass is 32.1. The number of rotatable bonds is 4. The molecule has 1 amide bonds. The first-order valence-corrected chi connectivity index (χ1v) is 10.1. The lowest BCUT2D eigenvalue weighted by atomic mass is 9.97. The minimum absolute atomic E-state index is 0.281. The third-order valence-electron chi connectivity index (χ3n) is 5.28. The highest BCUT2D eigenvalue weighted by Gasteiger charge is 2.59. The van der Waals surface area contributed by atoms with E-state index in [1.165, 1.54) is 4.90 Å². The number of carbonyl (C=O) groups excluding carboxylic acids is 1. The third-order valence-corrected chi connectivity index (χ3v) is 6.47. The van der Waals surface area contributed by atoms with Gasteiger partial charge in [0.15, 0.2) is 0 Å². The number of aliphatic hydroxyl groups is 1. The SMILES string of the molecule is O=C(CC(O)(c1nc2ccccc2s1)C(F)(F)F)N1CCCC1c1ccccc1. The van der Waals surface area contributed by atoms with Crippen molar-refractivity contribution in [3.05, 3.63) is 65.2 Å². The van der Waals surface area contributed by atoms with Crippen molar-refractivity contribution in [2.45, 2.75) is 37.1 Å². The molecule has 1 N–H and O–H groups in total. The van der Waals surface area contributed by atoms with Gasteiger partial charge in [0.2, 0.25) is 11.5 Å². The molecule has 0 aliphatic carbocycles. The number of aromatic nitrogens is 1. The Bertz CT molecular complexity index is 988. The number of fused-ring (bicyclic) bond motifs is 1. The van der Waals surface area contributed by atoms with Crippen LogP contribution in [0.3, 0.4) is 0 Å². The van der Waals surface area contributed by atoms with E-state index >= 15 is 0 Å². The molecule has 8 heteroatoms. The maximum Gasteiger partial charge on any atom is 0.424 e. The molecule has 0 bridgehead atoms. The maximum atomic E-state index is 13.9. The van der Waals surface area contributed by atoms with Gasteiger partial charge in [-0.05, 0) is 30.5 Å². The van der Waals surface area contributed by atoms with Crippen molar-refractivity contribution in [2.24, 2.45) is 0 Å². The average Bonchev–Trinajstić information content (AvgIpc) is 3.35. The van der Waals surface area contributed by atoms with E-state index in [0.717, 1.165) is 16.9 Å². The Kier molecular flexibility index (Phi) is 5.08. The van der Waals surface area contributed by atoms with Crippen LogP contribution < -0.4 is 0 Å². The Hall–Kier alpha value is -2.45. The lowest BCUT2D eigenvalue weighted by molar-refractivity contribution is -0.268. The summed E-state index contributed by atoms with van der Waals surface area (Å²) in [5.41, 5.74) is -2.07. The first-order chi connectivity index (χ1) is 13.8. The van der Waals surface area contributed by atoms with Gasteiger partial charge in [0.25, 0.3) is 0 Å². The summed E-state index contributed by atoms with van der Waals surface area (Å²) < 4.78 is 42.3. The van der Waals surface area contributed by atoms with Gasteiger partial charge >= 0.3 is 6.18 Å². The Morgan fingerprint density at radius 2 is 1.83 bits per heavy atom. The molecule has 2 aromatic carbocycles. The molecule has 3 aromatic rings. The number of hydrogen-bond acceptors (Lipinski definition) is 4. The van der Waals surface area contributed by atoms with E-state index in [1.54, 1.807) is 24.3 Å². The second-order valence-electron chi connectivity index (χ2n) is 7.18. The van der Waals surface area contributed by atoms with Crippen LogP contribution in [0.25, 0.3) is 10.2 Å². The molecule has 2 atom stereocenters. The number of benzene rings is 2. The van der Waals surface area contributed by atoms with Crippen molar-refractivity contribution in [1.29, 1.82) is 0 Å². The van der Waals surface area contributed by atoms with Crippen LogP contribution in [-0.4, -0.2) is 33.6 Å². The monoisotopic (exact) mass is 420 g/mol. The van der Waals surface area contributed by atoms with Crippen LogP contribution in [0.15, 0.2) is 54.6 Å². The molecule has 0 radical (unpaired) electrons. The van der Waals surface area contributed by atoms with Crippen LogP contribution in [0.4, 0.5) is 13.2 Å². The summed E-state index contributed by atoms with van der Waals surface area (Å²) in [5, 5.41) is 10.2. The van der Waals surface area contributed by atoms with Gasteiger partial charge in [-0.25, -0.2) is 4.98 Å². The molecule has 4 nitrogen and oxygen atoms in total. The van der Waals surface area contributed by atoms with E-state index in [1.807, 2.05) is 30.3 Å². The predicted octanol–water partition coefficient (Wildman–Crippen LogP) is 4.80. The van der Waals surface area contributed by atoms with Crippen LogP contribution in [0, 0.1) is 0 Å². The zero-order valence-corrected chi connectivity index (χ0v) is 16.2. The van der Waals surface area contributed by atoms with Gasteiger partial charge < -0.3 is 10.0 Å². The van der Waals surface area contributed by atoms with E-state index in [0.29, 0.717) is 29.6 Å². The maximum absolute atomic E-state index is 13.9. The first kappa shape index (κ1) is 19.8. The Balaban J connectivity index is 1.65. The van der Waals surface area contributed by atoms with Crippen LogP contribution in [-0.2, 0) is 10.4 Å². The molecule has 1 saturated heterocycles. The minimum atomic E-state index is -5.03. The van der Waals surface area contributed by atoms with Gasteiger partial charge in [-0.15, -0.1) is 11.3 Å². The van der Waals surface area contributed by atoms with Gasteiger partial charge in [0.05, 0.1) is 22.7 Å². The van der Waals surface area contributed by atoms with Gasteiger partial charge in [0, 0.05) is 6.54 Å². The quantitative estimate of drug-likeness (QED) is 0.660. The van der Waals surface area contributed by atoms with Crippen LogP contribution in [0.1, 0.15) is 35.9 Å². The largest absolute Gasteiger partial charge is 0.424 e. The van der Waals surface area contributed by atoms with Crippen LogP contribution >= 0.6 is 11.3 Å². The molecular weight excluding hydrogens is 401 g/mol. The van der Waals surface area contributed by atoms with E-state index in [2.05, 4.69) is 4.98 Å². The fourth-order valence-electron chi connectivity index (χ4n) is 3.75. The predicted molar refractivity (Wildman–Crippen MR) is 104 cm³/mol. The Morgan fingerprint density at radius 1 is 1.14 bits per heavy atom. The summed E-state index contributed by atoms with van der Waals surface area (Å²) in [6.07, 6.45) is -4.73. The highest BCUT2D eigenvalue weighted by Crippen LogP contribution is 2.45. The third kappa shape index (κ3) is 3.62. The normalized spacial score (nSPS) is 19.4. The fourth-order valence-corrected chi connectivity index (χ4v) is 4.83. The molecule has 1 aliphatic rings. The van der Waals surface area contributed by atoms with E-state index < -0.39 is 29.1 Å². The smallest absolute Gasteiger partial charge is 0.374 e. The Morgan fingerprint density at radius 3 is 2.52 bits per heavy atom. The number of halogens is 3. The molecule has 0 spiro atoms. The van der Waals surface area contributed by atoms with Gasteiger partial charge in [0.1, 0.15) is 5.01 Å². The van der Waals surface area contributed by atoms with Crippen molar-refractivity contribution < 1.29 is 23.1 Å². The second kappa shape index (κ2) is 7.42. The van der Waals surface area contributed by atoms with Gasteiger partial charge in [-0.1, -0.05) is 42.5 Å². The van der Waals surface area contributed by atoms with Gasteiger partial charge in [-0.3, -0.25) is 4.79 Å². The standard InChI is InChI=1S/C21H19F3N2O2S/c22-21(23,24)20(28,19-25-15-9-4-5-11-17(15)29-19)13-18(27)26-12-6-10-16(26)14-7-2-1-3-8-14/h1-5,7-9,11,16,28H,6,10,12-13H2. The minimum Gasteiger partial charge on any atom is -0.374 e. The second-order valence-corrected chi connectivity index (χ2v) is 8.21. The molecule has 1 fully saturated rings. The van der Waals surface area contributed by atoms with E-state index in [4.69, 9.17) is 0 Å². The molecule has 29 heavy (non-hydrogen) atoms. The molecule has 152 valence electrons. The summed E-state index contributed by atoms with van der Waals surface area (Å²) in [5.74, 6) is -0.726. The number of nitrogens with zero attached hydrogens (tertiary/aromatic N) is 2. The summed E-state index contributed by atoms with van der Waals surface area (Å²) in [6, 6.07) is 15.5. The molecule has 2 heterocycles. The summed E-state index contributed by atoms with van der Waals surface area (Å²) in [4.78, 5) is 18.4. The summed E-state index contributed by atoms with van der Waals surface area (Å²) in [7, 11) is 0. The van der Waals surface area contributed by atoms with E-state index in [-0.39, 0.29) is 6.04 Å². The highest BCUT2D eigenvalue weighted by molar-refractivity contribution is 7.18. The molecule has 0 saturated carbocycles. The number of carbonyl (C=O) groups is 1. The average molecular weight is 420 g/mol. The Labute approximate surface area is 169 Å². The lowest BCUT2D eigenvalue weighted by Gasteiger charge is -2.32. The van der Waals surface area contributed by atoms with Crippen molar-refractivity contribution in [3.63, 3.8) is 0 Å². The van der Waals surface area contributed by atoms with E-state index in [9.17, 15) is 23.1 Å². The van der Waals surface area contributed by atoms with Crippen molar-refractivity contribution in [3.8, 4) is 0 Å². The number of amides is 1. The lowest BCUT2D eigenvalue weighted by Crippen LogP contribution is -2.47. The van der Waals surface area contributed by atoms with Crippen molar-refractivity contribution in [1.82, 2.24) is 9.88 Å². The van der Waals surface area contributed by atoms with Crippen molar-refractivity contribution in [2.75, 3.05) is 6.54 Å². The summed E-state index contributed by atoms with van der Waals surface area (Å²) >= 11 is 0.761. The molecular formula is C21H19F3N2O2S. The topological polar surface area (TPSA) is 53.4 Å². The van der Waals surface area contributed by atoms with Crippen LogP contribution in [0.5, 0.6) is 0 Å². The molecule has 4 rings (SSSR count). The fraction of sp³-hybridized carbons (Fsp3) is 0.333. The first-order valence-electron chi connectivity index (χ1n) is 9.29. The molecule has 1 aliphatic heterocycles.